The van der Waals surface area contributed by atoms with Gasteiger partial charge in [-0.1, -0.05) is 18.2 Å². The summed E-state index contributed by atoms with van der Waals surface area (Å²) in [5, 5.41) is 8.77. The molecule has 1 aromatic carbocycles. The van der Waals surface area contributed by atoms with Crippen LogP contribution in [0.5, 0.6) is 0 Å². The SMILES string of the molecule is Cc1ccc(C=CC=O)c(C#N)c1. The third-order valence-corrected chi connectivity index (χ3v) is 1.68. The van der Waals surface area contributed by atoms with Gasteiger partial charge < -0.3 is 0 Å². The molecule has 0 spiro atoms. The van der Waals surface area contributed by atoms with Crippen molar-refractivity contribution in [2.75, 3.05) is 0 Å². The minimum atomic E-state index is 0.595. The maximum Gasteiger partial charge on any atom is 0.142 e. The lowest BCUT2D eigenvalue weighted by atomic mass is 10.1. The predicted molar refractivity (Wildman–Crippen MR) is 51.0 cm³/mol. The minimum absolute atomic E-state index is 0.595. The molecular weight excluding hydrogens is 162 g/mol. The number of aryl methyl sites for hydroxylation is 1. The maximum atomic E-state index is 10.1. The van der Waals surface area contributed by atoms with Crippen molar-refractivity contribution < 1.29 is 4.79 Å². The van der Waals surface area contributed by atoms with Gasteiger partial charge in [-0.25, -0.2) is 0 Å². The van der Waals surface area contributed by atoms with Gasteiger partial charge >= 0.3 is 0 Å². The summed E-state index contributed by atoms with van der Waals surface area (Å²) in [6.45, 7) is 1.92. The Hall–Kier alpha value is -1.88. The van der Waals surface area contributed by atoms with E-state index in [0.29, 0.717) is 11.8 Å². The molecule has 0 aliphatic rings. The topological polar surface area (TPSA) is 40.9 Å². The highest BCUT2D eigenvalue weighted by atomic mass is 16.1. The molecule has 0 amide bonds. The summed E-state index contributed by atoms with van der Waals surface area (Å²) >= 11 is 0. The number of rotatable bonds is 2. The Bertz CT molecular complexity index is 386. The average Bonchev–Trinajstić information content (AvgIpc) is 2.16. The normalized spacial score (nSPS) is 9.85. The molecule has 0 saturated carbocycles. The van der Waals surface area contributed by atoms with Crippen LogP contribution in [-0.4, -0.2) is 6.29 Å². The Labute approximate surface area is 77.1 Å². The summed E-state index contributed by atoms with van der Waals surface area (Å²) in [4.78, 5) is 10.1. The van der Waals surface area contributed by atoms with Gasteiger partial charge in [0.2, 0.25) is 0 Å². The smallest absolute Gasteiger partial charge is 0.142 e. The number of carbonyl (C=O) groups is 1. The molecule has 2 heteroatoms. The van der Waals surface area contributed by atoms with Crippen LogP contribution in [-0.2, 0) is 4.79 Å². The zero-order valence-corrected chi connectivity index (χ0v) is 7.32. The van der Waals surface area contributed by atoms with Gasteiger partial charge in [-0.15, -0.1) is 0 Å². The summed E-state index contributed by atoms with van der Waals surface area (Å²) < 4.78 is 0. The lowest BCUT2D eigenvalue weighted by molar-refractivity contribution is -0.104. The highest BCUT2D eigenvalue weighted by Gasteiger charge is 1.97. The van der Waals surface area contributed by atoms with E-state index in [4.69, 9.17) is 5.26 Å². The first kappa shape index (κ1) is 9.21. The summed E-state index contributed by atoms with van der Waals surface area (Å²) in [5.74, 6) is 0. The summed E-state index contributed by atoms with van der Waals surface area (Å²) in [6, 6.07) is 7.61. The molecule has 0 unspecified atom stereocenters. The highest BCUT2D eigenvalue weighted by Crippen LogP contribution is 2.11. The predicted octanol–water partition coefficient (Wildman–Crippen LogP) is 2.08. The van der Waals surface area contributed by atoms with Crippen LogP contribution in [0.4, 0.5) is 0 Å². The van der Waals surface area contributed by atoms with Crippen LogP contribution < -0.4 is 0 Å². The third kappa shape index (κ3) is 2.28. The first-order valence-electron chi connectivity index (χ1n) is 3.90. The van der Waals surface area contributed by atoms with Crippen molar-refractivity contribution in [3.8, 4) is 6.07 Å². The van der Waals surface area contributed by atoms with Crippen LogP contribution in [0.25, 0.3) is 6.08 Å². The molecule has 0 fully saturated rings. The van der Waals surface area contributed by atoms with E-state index < -0.39 is 0 Å². The van der Waals surface area contributed by atoms with Gasteiger partial charge in [0.15, 0.2) is 0 Å². The Morgan fingerprint density at radius 2 is 2.23 bits per heavy atom. The van der Waals surface area contributed by atoms with Crippen molar-refractivity contribution in [3.63, 3.8) is 0 Å². The molecule has 0 bridgehead atoms. The Balaban J connectivity index is 3.15. The number of allylic oxidation sites excluding steroid dienone is 1. The van der Waals surface area contributed by atoms with E-state index >= 15 is 0 Å². The van der Waals surface area contributed by atoms with Crippen LogP contribution in [0.1, 0.15) is 16.7 Å². The Morgan fingerprint density at radius 3 is 2.85 bits per heavy atom. The summed E-state index contributed by atoms with van der Waals surface area (Å²) in [7, 11) is 0. The molecule has 0 radical (unpaired) electrons. The van der Waals surface area contributed by atoms with E-state index in [1.54, 1.807) is 12.1 Å². The minimum Gasteiger partial charge on any atom is -0.299 e. The van der Waals surface area contributed by atoms with Crippen LogP contribution in [0.15, 0.2) is 24.3 Å². The van der Waals surface area contributed by atoms with Crippen LogP contribution in [0.2, 0.25) is 0 Å². The van der Waals surface area contributed by atoms with Crippen LogP contribution in [0, 0.1) is 18.3 Å². The second-order valence-electron chi connectivity index (χ2n) is 2.70. The van der Waals surface area contributed by atoms with E-state index in [0.717, 1.165) is 11.1 Å². The van der Waals surface area contributed by atoms with Gasteiger partial charge in [-0.3, -0.25) is 4.79 Å². The maximum absolute atomic E-state index is 10.1. The lowest BCUT2D eigenvalue weighted by Crippen LogP contribution is -1.83. The molecule has 0 saturated heterocycles. The molecule has 0 heterocycles. The zero-order chi connectivity index (χ0) is 9.68. The zero-order valence-electron chi connectivity index (χ0n) is 7.32. The number of hydrogen-bond acceptors (Lipinski definition) is 2. The van der Waals surface area contributed by atoms with Gasteiger partial charge in [-0.2, -0.15) is 5.26 Å². The fraction of sp³-hybridized carbons (Fsp3) is 0.0909. The van der Waals surface area contributed by atoms with Crippen molar-refractivity contribution >= 4 is 12.4 Å². The quantitative estimate of drug-likeness (QED) is 0.505. The Kier molecular flexibility index (Phi) is 2.99. The standard InChI is InChI=1S/C11H9NO/c1-9-4-5-10(3-2-6-13)11(7-9)8-12/h2-7H,1H3. The monoisotopic (exact) mass is 171 g/mol. The summed E-state index contributed by atoms with van der Waals surface area (Å²) in [5.41, 5.74) is 2.41. The number of nitriles is 1. The lowest BCUT2D eigenvalue weighted by Gasteiger charge is -1.97. The fourth-order valence-corrected chi connectivity index (χ4v) is 1.06. The van der Waals surface area contributed by atoms with Gasteiger partial charge in [0.05, 0.1) is 11.6 Å². The molecule has 64 valence electrons. The molecular formula is C11H9NO. The molecule has 2 nitrogen and oxygen atoms in total. The van der Waals surface area contributed by atoms with Gasteiger partial charge in [0.25, 0.3) is 0 Å². The number of nitrogens with zero attached hydrogens (tertiary/aromatic N) is 1. The first-order valence-corrected chi connectivity index (χ1v) is 3.90. The van der Waals surface area contributed by atoms with E-state index in [2.05, 4.69) is 6.07 Å². The average molecular weight is 171 g/mol. The Morgan fingerprint density at radius 1 is 1.46 bits per heavy atom. The fourth-order valence-electron chi connectivity index (χ4n) is 1.06. The molecule has 0 atom stereocenters. The summed E-state index contributed by atoms with van der Waals surface area (Å²) in [6.07, 6.45) is 3.71. The molecule has 0 N–H and O–H groups in total. The molecule has 0 aromatic heterocycles. The van der Waals surface area contributed by atoms with Crippen molar-refractivity contribution in [1.29, 1.82) is 5.26 Å². The number of aldehydes is 1. The van der Waals surface area contributed by atoms with Crippen LogP contribution >= 0.6 is 0 Å². The van der Waals surface area contributed by atoms with E-state index in [-0.39, 0.29) is 0 Å². The van der Waals surface area contributed by atoms with E-state index in [1.807, 2.05) is 19.1 Å². The van der Waals surface area contributed by atoms with E-state index in [9.17, 15) is 4.79 Å². The van der Waals surface area contributed by atoms with Gasteiger partial charge in [0, 0.05) is 0 Å². The molecule has 13 heavy (non-hydrogen) atoms. The van der Waals surface area contributed by atoms with E-state index in [1.165, 1.54) is 6.08 Å². The van der Waals surface area contributed by atoms with Gasteiger partial charge in [0.1, 0.15) is 6.29 Å². The largest absolute Gasteiger partial charge is 0.299 e. The number of hydrogen-bond donors (Lipinski definition) is 0. The number of carbonyl (C=O) groups excluding carboxylic acids is 1. The molecule has 1 aromatic rings. The second-order valence-corrected chi connectivity index (χ2v) is 2.70. The van der Waals surface area contributed by atoms with Crippen molar-refractivity contribution in [1.82, 2.24) is 0 Å². The highest BCUT2D eigenvalue weighted by molar-refractivity contribution is 5.75. The molecule has 1 rings (SSSR count). The van der Waals surface area contributed by atoms with Crippen molar-refractivity contribution in [2.24, 2.45) is 0 Å². The van der Waals surface area contributed by atoms with Crippen molar-refractivity contribution in [2.45, 2.75) is 6.92 Å². The first-order chi connectivity index (χ1) is 6.27. The van der Waals surface area contributed by atoms with Gasteiger partial charge in [-0.05, 0) is 30.2 Å². The third-order valence-electron chi connectivity index (χ3n) is 1.68. The molecule has 0 aliphatic heterocycles. The van der Waals surface area contributed by atoms with Crippen molar-refractivity contribution in [3.05, 3.63) is 41.0 Å². The van der Waals surface area contributed by atoms with Crippen LogP contribution in [0.3, 0.4) is 0 Å². The number of benzene rings is 1. The second kappa shape index (κ2) is 4.22. The molecule has 0 aliphatic carbocycles.